The molecule has 1 unspecified atom stereocenters. The largest absolute Gasteiger partial charge is 0.573 e. The summed E-state index contributed by atoms with van der Waals surface area (Å²) in [5.74, 6) is 0.879. The molecule has 1 aliphatic rings. The highest BCUT2D eigenvalue weighted by Crippen LogP contribution is 2.33. The van der Waals surface area contributed by atoms with Crippen molar-refractivity contribution >= 4 is 46.7 Å². The van der Waals surface area contributed by atoms with E-state index in [1.807, 2.05) is 36.4 Å². The summed E-state index contributed by atoms with van der Waals surface area (Å²) in [6.07, 6.45) is -0.797. The monoisotopic (exact) mass is 552 g/mol. The van der Waals surface area contributed by atoms with Gasteiger partial charge in [0.15, 0.2) is 5.17 Å². The first-order chi connectivity index (χ1) is 18.7. The van der Waals surface area contributed by atoms with Gasteiger partial charge in [-0.1, -0.05) is 61.2 Å². The third-order valence-corrected chi connectivity index (χ3v) is 6.94. The number of benzene rings is 3. The second-order valence-corrected chi connectivity index (χ2v) is 9.57. The first-order valence-corrected chi connectivity index (χ1v) is 13.1. The van der Waals surface area contributed by atoms with E-state index in [1.165, 1.54) is 36.2 Å². The molecule has 0 radical (unpaired) electrons. The van der Waals surface area contributed by atoms with Gasteiger partial charge in [-0.05, 0) is 54.8 Å². The van der Waals surface area contributed by atoms with Gasteiger partial charge in [0.05, 0.1) is 11.9 Å². The van der Waals surface area contributed by atoms with E-state index in [0.717, 1.165) is 28.6 Å². The summed E-state index contributed by atoms with van der Waals surface area (Å²) in [4.78, 5) is 10.4. The van der Waals surface area contributed by atoms with Crippen LogP contribution in [-0.2, 0) is 0 Å². The van der Waals surface area contributed by atoms with E-state index in [9.17, 15) is 13.2 Å². The van der Waals surface area contributed by atoms with Gasteiger partial charge < -0.3 is 15.4 Å². The molecule has 11 heteroatoms. The summed E-state index contributed by atoms with van der Waals surface area (Å²) in [6.45, 7) is 4.28. The molecule has 1 fully saturated rings. The number of nitrogens with two attached hydrogens (primary N) is 1. The number of rotatable bonds is 8. The van der Waals surface area contributed by atoms with Crippen LogP contribution in [-0.4, -0.2) is 41.7 Å². The molecule has 1 atom stereocenters. The summed E-state index contributed by atoms with van der Waals surface area (Å²) in [5.41, 5.74) is 10.3. The van der Waals surface area contributed by atoms with Crippen LogP contribution < -0.4 is 15.4 Å². The molecule has 7 nitrogen and oxygen atoms in total. The first-order valence-electron chi connectivity index (χ1n) is 12.1. The Labute approximate surface area is 229 Å². The van der Waals surface area contributed by atoms with Gasteiger partial charge in [0.25, 0.3) is 0 Å². The van der Waals surface area contributed by atoms with Gasteiger partial charge in [0.2, 0.25) is 0 Å². The molecule has 0 bridgehead atoms. The SMILES string of the molecule is CCC1CS/C(=N\N=C\c2ccc(C(N)=NC=Nc3ccc(OC(F)(F)F)cc3)cc2)N1c1ccccc1C. The molecule has 2 N–H and O–H groups in total. The highest BCUT2D eigenvalue weighted by molar-refractivity contribution is 8.14. The maximum absolute atomic E-state index is 12.3. The number of aryl methyl sites for hydroxylation is 1. The van der Waals surface area contributed by atoms with E-state index >= 15 is 0 Å². The molecular formula is C28H27F3N6OS. The molecule has 4 rings (SSSR count). The lowest BCUT2D eigenvalue weighted by molar-refractivity contribution is -0.274. The summed E-state index contributed by atoms with van der Waals surface area (Å²) in [7, 11) is 0. The second-order valence-electron chi connectivity index (χ2n) is 8.58. The van der Waals surface area contributed by atoms with E-state index in [0.29, 0.717) is 17.3 Å². The third-order valence-electron chi connectivity index (χ3n) is 5.85. The predicted octanol–water partition coefficient (Wildman–Crippen LogP) is 6.68. The zero-order chi connectivity index (χ0) is 27.8. The quantitative estimate of drug-likeness (QED) is 0.192. The van der Waals surface area contributed by atoms with Crippen LogP contribution >= 0.6 is 11.8 Å². The van der Waals surface area contributed by atoms with Crippen molar-refractivity contribution in [2.45, 2.75) is 32.7 Å². The van der Waals surface area contributed by atoms with Gasteiger partial charge in [-0.15, -0.1) is 18.3 Å². The zero-order valence-electron chi connectivity index (χ0n) is 21.3. The number of para-hydroxylation sites is 1. The Morgan fingerprint density at radius 3 is 2.46 bits per heavy atom. The van der Waals surface area contributed by atoms with Crippen molar-refractivity contribution in [3.8, 4) is 5.75 Å². The van der Waals surface area contributed by atoms with E-state index in [2.05, 4.69) is 55.8 Å². The third kappa shape index (κ3) is 7.70. The average molecular weight is 553 g/mol. The van der Waals surface area contributed by atoms with E-state index in [4.69, 9.17) is 5.73 Å². The van der Waals surface area contributed by atoms with Crippen LogP contribution in [0.5, 0.6) is 5.75 Å². The fourth-order valence-electron chi connectivity index (χ4n) is 3.83. The zero-order valence-corrected chi connectivity index (χ0v) is 22.2. The fourth-order valence-corrected chi connectivity index (χ4v) is 5.05. The minimum atomic E-state index is -4.74. The van der Waals surface area contributed by atoms with E-state index < -0.39 is 6.36 Å². The summed E-state index contributed by atoms with van der Waals surface area (Å²) < 4.78 is 40.6. The lowest BCUT2D eigenvalue weighted by atomic mass is 10.1. The Bertz CT molecular complexity index is 1390. The van der Waals surface area contributed by atoms with Crippen LogP contribution in [0.2, 0.25) is 0 Å². The highest BCUT2D eigenvalue weighted by atomic mass is 32.2. The number of anilines is 1. The molecule has 1 aliphatic heterocycles. The Morgan fingerprint density at radius 2 is 1.79 bits per heavy atom. The molecule has 202 valence electrons. The molecule has 0 saturated carbocycles. The van der Waals surface area contributed by atoms with Crippen LogP contribution in [0.25, 0.3) is 0 Å². The summed E-state index contributed by atoms with van der Waals surface area (Å²) in [5, 5.41) is 9.72. The number of hydrogen-bond donors (Lipinski definition) is 1. The molecule has 1 saturated heterocycles. The number of thioether (sulfide) groups is 1. The lowest BCUT2D eigenvalue weighted by Crippen LogP contribution is -2.33. The first kappa shape index (κ1) is 27.9. The Balaban J connectivity index is 1.38. The number of halogens is 3. The van der Waals surface area contributed by atoms with E-state index in [1.54, 1.807) is 18.0 Å². The fraction of sp³-hybridized carbons (Fsp3) is 0.214. The lowest BCUT2D eigenvalue weighted by Gasteiger charge is -2.26. The molecule has 0 aliphatic carbocycles. The standard InChI is InChI=1S/C28H27F3N6OS/c1-3-23-17-39-27(37(23)25-7-5-4-6-19(25)2)36-35-16-20-8-10-21(11-9-20)26(32)34-18-33-22-12-14-24(15-13-22)38-28(29,30)31/h4-16,18,23H,3,17H2,1-2H3,(H2,32,33,34)/b35-16+,36-27-. The van der Waals surface area contributed by atoms with Crippen LogP contribution in [0.3, 0.4) is 0 Å². The molecular weight excluding hydrogens is 525 g/mol. The maximum Gasteiger partial charge on any atom is 0.573 e. The Kier molecular flexibility index (Phi) is 9.03. The van der Waals surface area contributed by atoms with Crippen LogP contribution in [0.4, 0.5) is 24.5 Å². The smallest absolute Gasteiger partial charge is 0.406 e. The molecule has 0 spiro atoms. The molecule has 0 aromatic heterocycles. The Morgan fingerprint density at radius 1 is 1.08 bits per heavy atom. The minimum Gasteiger partial charge on any atom is -0.406 e. The van der Waals surface area contributed by atoms with Crippen molar-refractivity contribution in [3.63, 3.8) is 0 Å². The van der Waals surface area contributed by atoms with Gasteiger partial charge in [-0.2, -0.15) is 5.10 Å². The van der Waals surface area contributed by atoms with Crippen molar-refractivity contribution in [2.75, 3.05) is 10.7 Å². The number of amidine groups is 2. The van der Waals surface area contributed by atoms with Crippen LogP contribution in [0.1, 0.15) is 30.0 Å². The van der Waals surface area contributed by atoms with Gasteiger partial charge in [-0.25, -0.2) is 9.98 Å². The van der Waals surface area contributed by atoms with Crippen molar-refractivity contribution in [1.29, 1.82) is 0 Å². The normalized spacial score (nSPS) is 17.6. The van der Waals surface area contributed by atoms with Gasteiger partial charge in [-0.3, -0.25) is 0 Å². The molecule has 1 heterocycles. The number of aliphatic imine (C=N–C) groups is 2. The van der Waals surface area contributed by atoms with Crippen LogP contribution in [0, 0.1) is 6.92 Å². The minimum absolute atomic E-state index is 0.237. The second kappa shape index (κ2) is 12.6. The summed E-state index contributed by atoms with van der Waals surface area (Å²) >= 11 is 1.70. The number of hydrogen-bond acceptors (Lipinski definition) is 5. The van der Waals surface area contributed by atoms with Crippen molar-refractivity contribution in [3.05, 3.63) is 89.5 Å². The van der Waals surface area contributed by atoms with Gasteiger partial charge >= 0.3 is 6.36 Å². The maximum atomic E-state index is 12.3. The molecule has 3 aromatic rings. The molecule has 3 aromatic carbocycles. The summed E-state index contributed by atoms with van der Waals surface area (Å²) in [6, 6.07) is 21.1. The molecule has 0 amide bonds. The van der Waals surface area contributed by atoms with E-state index in [-0.39, 0.29) is 11.6 Å². The van der Waals surface area contributed by atoms with Crippen LogP contribution in [0.15, 0.2) is 93.0 Å². The highest BCUT2D eigenvalue weighted by Gasteiger charge is 2.31. The predicted molar refractivity (Wildman–Crippen MR) is 154 cm³/mol. The number of nitrogens with zero attached hydrogens (tertiary/aromatic N) is 5. The number of ether oxygens (including phenoxy) is 1. The number of alkyl halides is 3. The van der Waals surface area contributed by atoms with Crippen molar-refractivity contribution in [1.82, 2.24) is 0 Å². The topological polar surface area (TPSA) is 87.9 Å². The Hall–Kier alpha value is -4.12. The molecule has 39 heavy (non-hydrogen) atoms. The van der Waals surface area contributed by atoms with Gasteiger partial charge in [0.1, 0.15) is 17.9 Å². The van der Waals surface area contributed by atoms with Crippen molar-refractivity contribution < 1.29 is 17.9 Å². The average Bonchev–Trinajstić information content (AvgIpc) is 3.32. The van der Waals surface area contributed by atoms with Crippen molar-refractivity contribution in [2.24, 2.45) is 25.9 Å². The van der Waals surface area contributed by atoms with Gasteiger partial charge in [0, 0.05) is 23.0 Å².